The molecular formula is C16H14BrNO4. The number of hydrogen-bond acceptors (Lipinski definition) is 4. The first-order valence-electron chi connectivity index (χ1n) is 6.44. The van der Waals surface area contributed by atoms with Crippen molar-refractivity contribution >= 4 is 33.8 Å². The number of amides is 1. The van der Waals surface area contributed by atoms with Crippen LogP contribution in [0, 0.1) is 0 Å². The first-order valence-corrected chi connectivity index (χ1v) is 7.23. The van der Waals surface area contributed by atoms with Crippen molar-refractivity contribution in [2.75, 3.05) is 19.0 Å². The first-order chi connectivity index (χ1) is 10.6. The number of nitrogens with one attached hydrogen (secondary N) is 1. The summed E-state index contributed by atoms with van der Waals surface area (Å²) < 4.78 is 11.5. The van der Waals surface area contributed by atoms with E-state index < -0.39 is 0 Å². The summed E-state index contributed by atoms with van der Waals surface area (Å²) in [6, 6.07) is 12.0. The monoisotopic (exact) mass is 363 g/mol. The first kappa shape index (κ1) is 16.0. The van der Waals surface area contributed by atoms with Crippen molar-refractivity contribution in [3.05, 3.63) is 52.5 Å². The number of anilines is 1. The third-order valence-corrected chi connectivity index (χ3v) is 3.34. The molecule has 0 radical (unpaired) electrons. The van der Waals surface area contributed by atoms with E-state index in [9.17, 15) is 9.59 Å². The largest absolute Gasteiger partial charge is 0.493 e. The predicted octanol–water partition coefficient (Wildman–Crippen LogP) is 3.29. The zero-order chi connectivity index (χ0) is 15.9. The van der Waals surface area contributed by atoms with Gasteiger partial charge in [-0.2, -0.15) is 0 Å². The van der Waals surface area contributed by atoms with Gasteiger partial charge in [-0.1, -0.05) is 15.9 Å². The molecule has 5 nitrogen and oxygen atoms in total. The molecule has 0 aliphatic rings. The highest BCUT2D eigenvalue weighted by Gasteiger charge is 2.09. The quantitative estimate of drug-likeness (QED) is 0.799. The van der Waals surface area contributed by atoms with Crippen molar-refractivity contribution in [3.8, 4) is 11.5 Å². The highest BCUT2D eigenvalue weighted by atomic mass is 79.9. The van der Waals surface area contributed by atoms with Crippen molar-refractivity contribution in [1.29, 1.82) is 0 Å². The van der Waals surface area contributed by atoms with Crippen LogP contribution in [0.3, 0.4) is 0 Å². The molecule has 0 aliphatic carbocycles. The van der Waals surface area contributed by atoms with Gasteiger partial charge >= 0.3 is 0 Å². The SMILES string of the molecule is COc1cc(C=O)ccc1OCC(=O)Nc1ccc(Br)cc1. The molecule has 0 fully saturated rings. The highest BCUT2D eigenvalue weighted by molar-refractivity contribution is 9.10. The third kappa shape index (κ3) is 4.33. The average Bonchev–Trinajstić information content (AvgIpc) is 2.55. The fourth-order valence-corrected chi connectivity index (χ4v) is 2.01. The van der Waals surface area contributed by atoms with Crippen LogP contribution < -0.4 is 14.8 Å². The average molecular weight is 364 g/mol. The van der Waals surface area contributed by atoms with E-state index in [0.29, 0.717) is 29.0 Å². The lowest BCUT2D eigenvalue weighted by atomic mass is 10.2. The Labute approximate surface area is 136 Å². The topological polar surface area (TPSA) is 64.6 Å². The standard InChI is InChI=1S/C16H14BrNO4/c1-21-15-8-11(9-19)2-7-14(15)22-10-16(20)18-13-5-3-12(17)4-6-13/h2-9H,10H2,1H3,(H,18,20). The minimum atomic E-state index is -0.288. The van der Waals surface area contributed by atoms with Crippen LogP contribution in [0.25, 0.3) is 0 Å². The minimum absolute atomic E-state index is 0.160. The maximum atomic E-state index is 11.8. The molecule has 114 valence electrons. The predicted molar refractivity (Wildman–Crippen MR) is 86.6 cm³/mol. The molecular weight excluding hydrogens is 350 g/mol. The molecule has 0 saturated carbocycles. The lowest BCUT2D eigenvalue weighted by molar-refractivity contribution is -0.118. The maximum absolute atomic E-state index is 11.8. The van der Waals surface area contributed by atoms with Crippen LogP contribution in [0.1, 0.15) is 10.4 Å². The van der Waals surface area contributed by atoms with Gasteiger partial charge in [0.1, 0.15) is 6.29 Å². The molecule has 0 spiro atoms. The van der Waals surface area contributed by atoms with Crippen molar-refractivity contribution in [2.24, 2.45) is 0 Å². The molecule has 0 saturated heterocycles. The summed E-state index contributed by atoms with van der Waals surface area (Å²) in [5.41, 5.74) is 1.16. The molecule has 0 aromatic heterocycles. The lowest BCUT2D eigenvalue weighted by Gasteiger charge is -2.11. The smallest absolute Gasteiger partial charge is 0.262 e. The van der Waals surface area contributed by atoms with E-state index in [1.807, 2.05) is 12.1 Å². The molecule has 1 N–H and O–H groups in total. The minimum Gasteiger partial charge on any atom is -0.493 e. The van der Waals surface area contributed by atoms with Crippen molar-refractivity contribution in [1.82, 2.24) is 0 Å². The van der Waals surface area contributed by atoms with Crippen molar-refractivity contribution in [3.63, 3.8) is 0 Å². The molecule has 22 heavy (non-hydrogen) atoms. The van der Waals surface area contributed by atoms with Gasteiger partial charge in [0.15, 0.2) is 18.1 Å². The van der Waals surface area contributed by atoms with Crippen molar-refractivity contribution < 1.29 is 19.1 Å². The Balaban J connectivity index is 1.96. The van der Waals surface area contributed by atoms with E-state index in [1.165, 1.54) is 7.11 Å². The fraction of sp³-hybridized carbons (Fsp3) is 0.125. The van der Waals surface area contributed by atoms with Crippen LogP contribution in [0.5, 0.6) is 11.5 Å². The van der Waals surface area contributed by atoms with E-state index in [1.54, 1.807) is 30.3 Å². The van der Waals surface area contributed by atoms with Crippen LogP contribution in [0.4, 0.5) is 5.69 Å². The van der Waals surface area contributed by atoms with Crippen LogP contribution in [0.15, 0.2) is 46.9 Å². The molecule has 2 aromatic rings. The number of rotatable bonds is 6. The summed E-state index contributed by atoms with van der Waals surface area (Å²) in [5, 5.41) is 2.72. The molecule has 0 atom stereocenters. The summed E-state index contributed by atoms with van der Waals surface area (Å²) in [6.45, 7) is -0.160. The van der Waals surface area contributed by atoms with Gasteiger partial charge in [0.25, 0.3) is 5.91 Å². The van der Waals surface area contributed by atoms with E-state index in [4.69, 9.17) is 9.47 Å². The summed E-state index contributed by atoms with van der Waals surface area (Å²) >= 11 is 3.32. The molecule has 6 heteroatoms. The molecule has 2 aromatic carbocycles. The number of methoxy groups -OCH3 is 1. The molecule has 2 rings (SSSR count). The number of hydrogen-bond donors (Lipinski definition) is 1. The van der Waals surface area contributed by atoms with Crippen LogP contribution in [0.2, 0.25) is 0 Å². The van der Waals surface area contributed by atoms with E-state index in [2.05, 4.69) is 21.2 Å². The Bertz CT molecular complexity index is 670. The van der Waals surface area contributed by atoms with Gasteiger partial charge in [0.2, 0.25) is 0 Å². The Morgan fingerprint density at radius 1 is 1.18 bits per heavy atom. The fourth-order valence-electron chi connectivity index (χ4n) is 1.75. The molecule has 1 amide bonds. The van der Waals surface area contributed by atoms with E-state index >= 15 is 0 Å². The van der Waals surface area contributed by atoms with E-state index in [0.717, 1.165) is 4.47 Å². The second-order valence-corrected chi connectivity index (χ2v) is 5.29. The summed E-state index contributed by atoms with van der Waals surface area (Å²) in [6.07, 6.45) is 0.715. The number of carbonyl (C=O) groups excluding carboxylic acids is 2. The van der Waals surface area contributed by atoms with Gasteiger partial charge in [0.05, 0.1) is 7.11 Å². The van der Waals surface area contributed by atoms with Gasteiger partial charge in [-0.25, -0.2) is 0 Å². The summed E-state index contributed by atoms with van der Waals surface area (Å²) in [7, 11) is 1.47. The number of halogens is 1. The Morgan fingerprint density at radius 2 is 1.91 bits per heavy atom. The Morgan fingerprint density at radius 3 is 2.55 bits per heavy atom. The van der Waals surface area contributed by atoms with Gasteiger partial charge in [-0.15, -0.1) is 0 Å². The Hall–Kier alpha value is -2.34. The van der Waals surface area contributed by atoms with Crippen LogP contribution in [-0.4, -0.2) is 25.9 Å². The number of ether oxygens (including phenoxy) is 2. The molecule has 0 unspecified atom stereocenters. The number of aldehydes is 1. The number of benzene rings is 2. The van der Waals surface area contributed by atoms with Crippen LogP contribution >= 0.6 is 15.9 Å². The van der Waals surface area contributed by atoms with Gasteiger partial charge in [0, 0.05) is 15.7 Å². The summed E-state index contributed by atoms with van der Waals surface area (Å²) in [4.78, 5) is 22.6. The zero-order valence-corrected chi connectivity index (χ0v) is 13.4. The second kappa shape index (κ2) is 7.61. The maximum Gasteiger partial charge on any atom is 0.262 e. The second-order valence-electron chi connectivity index (χ2n) is 4.37. The van der Waals surface area contributed by atoms with Gasteiger partial charge in [-0.3, -0.25) is 9.59 Å². The van der Waals surface area contributed by atoms with Crippen LogP contribution in [-0.2, 0) is 4.79 Å². The number of carbonyl (C=O) groups is 2. The van der Waals surface area contributed by atoms with Gasteiger partial charge < -0.3 is 14.8 Å². The lowest BCUT2D eigenvalue weighted by Crippen LogP contribution is -2.20. The molecule has 0 bridgehead atoms. The van der Waals surface area contributed by atoms with Gasteiger partial charge in [-0.05, 0) is 42.5 Å². The van der Waals surface area contributed by atoms with Crippen molar-refractivity contribution in [2.45, 2.75) is 0 Å². The molecule has 0 aliphatic heterocycles. The zero-order valence-electron chi connectivity index (χ0n) is 11.8. The molecule has 0 heterocycles. The Kier molecular flexibility index (Phi) is 5.55. The highest BCUT2D eigenvalue weighted by Crippen LogP contribution is 2.27. The normalized spacial score (nSPS) is 9.91. The summed E-state index contributed by atoms with van der Waals surface area (Å²) in [5.74, 6) is 0.518. The third-order valence-electron chi connectivity index (χ3n) is 2.81. The van der Waals surface area contributed by atoms with E-state index in [-0.39, 0.29) is 12.5 Å².